The van der Waals surface area contributed by atoms with E-state index in [0.717, 1.165) is 82.8 Å². The summed E-state index contributed by atoms with van der Waals surface area (Å²) in [7, 11) is 0. The minimum atomic E-state index is 0.559. The second-order valence-corrected chi connectivity index (χ2v) is 12.3. The maximum absolute atomic E-state index is 6.29. The third-order valence-corrected chi connectivity index (χ3v) is 9.39. The average molecular weight is 642 g/mol. The van der Waals surface area contributed by atoms with E-state index in [1.165, 1.54) is 0 Å². The third kappa shape index (κ3) is 4.60. The van der Waals surface area contributed by atoms with E-state index in [2.05, 4.69) is 97.1 Å². The molecular weight excluding hydrogens is 615 g/mol. The number of hydrogen-bond acceptors (Lipinski definition) is 5. The molecule has 0 aliphatic carbocycles. The van der Waals surface area contributed by atoms with E-state index < -0.39 is 0 Å². The maximum Gasteiger partial charge on any atom is 0.164 e. The highest BCUT2D eigenvalue weighted by Crippen LogP contribution is 2.40. The lowest BCUT2D eigenvalue weighted by Crippen LogP contribution is -2.01. The van der Waals surface area contributed by atoms with Crippen LogP contribution >= 0.6 is 0 Å². The van der Waals surface area contributed by atoms with Crippen molar-refractivity contribution in [2.75, 3.05) is 0 Å². The van der Waals surface area contributed by atoms with Crippen molar-refractivity contribution in [1.29, 1.82) is 0 Å². The highest BCUT2D eigenvalue weighted by Gasteiger charge is 2.20. The first-order valence-corrected chi connectivity index (χ1v) is 16.6. The fraction of sp³-hybridized carbons (Fsp3) is 0. The van der Waals surface area contributed by atoms with Gasteiger partial charge in [-0.25, -0.2) is 15.0 Å². The van der Waals surface area contributed by atoms with Crippen LogP contribution in [0.15, 0.2) is 173 Å². The van der Waals surface area contributed by atoms with Crippen LogP contribution in [0.2, 0.25) is 0 Å². The van der Waals surface area contributed by atoms with Crippen LogP contribution in [0.1, 0.15) is 0 Å². The Morgan fingerprint density at radius 3 is 1.62 bits per heavy atom. The Hall–Kier alpha value is -6.85. The SMILES string of the molecule is c1ccc(-c2ccccc2-c2ccccc2-c2nc(-c3ccc4c(c3)oc3ccccc34)nc(-c3cccc4oc5ccccc5c34)n2)cc1. The normalized spacial score (nSPS) is 11.6. The van der Waals surface area contributed by atoms with Gasteiger partial charge in [-0.05, 0) is 52.6 Å². The second-order valence-electron chi connectivity index (χ2n) is 12.3. The predicted octanol–water partition coefficient (Wildman–Crippen LogP) is 12.0. The monoisotopic (exact) mass is 641 g/mol. The Kier molecular flexibility index (Phi) is 6.42. The fourth-order valence-electron chi connectivity index (χ4n) is 7.07. The molecule has 0 aliphatic rings. The van der Waals surface area contributed by atoms with Gasteiger partial charge in [0.05, 0.1) is 0 Å². The van der Waals surface area contributed by atoms with Crippen molar-refractivity contribution in [3.8, 4) is 56.4 Å². The Morgan fingerprint density at radius 1 is 0.300 bits per heavy atom. The first kappa shape index (κ1) is 28.2. The highest BCUT2D eigenvalue weighted by molar-refractivity contribution is 6.12. The van der Waals surface area contributed by atoms with E-state index in [1.54, 1.807) is 0 Å². The molecule has 0 radical (unpaired) electrons. The van der Waals surface area contributed by atoms with E-state index in [-0.39, 0.29) is 0 Å². The van der Waals surface area contributed by atoms with Crippen LogP contribution in [0.3, 0.4) is 0 Å². The molecule has 0 unspecified atom stereocenters. The van der Waals surface area contributed by atoms with Crippen molar-refractivity contribution >= 4 is 43.9 Å². The largest absolute Gasteiger partial charge is 0.456 e. The molecule has 5 nitrogen and oxygen atoms in total. The molecule has 10 rings (SSSR count). The number of para-hydroxylation sites is 2. The zero-order chi connectivity index (χ0) is 33.0. The molecule has 0 fully saturated rings. The molecule has 234 valence electrons. The number of fused-ring (bicyclic) bond motifs is 6. The summed E-state index contributed by atoms with van der Waals surface area (Å²) >= 11 is 0. The lowest BCUT2D eigenvalue weighted by molar-refractivity contribution is 0.668. The van der Waals surface area contributed by atoms with Crippen LogP contribution in [-0.2, 0) is 0 Å². The Balaban J connectivity index is 1.23. The van der Waals surface area contributed by atoms with Gasteiger partial charge in [-0.3, -0.25) is 0 Å². The topological polar surface area (TPSA) is 65.0 Å². The number of rotatable bonds is 5. The molecule has 50 heavy (non-hydrogen) atoms. The number of hydrogen-bond donors (Lipinski definition) is 0. The minimum absolute atomic E-state index is 0.559. The molecule has 0 saturated heterocycles. The lowest BCUT2D eigenvalue weighted by Gasteiger charge is -2.15. The van der Waals surface area contributed by atoms with Crippen molar-refractivity contribution in [2.24, 2.45) is 0 Å². The molecule has 5 heteroatoms. The lowest BCUT2D eigenvalue weighted by atomic mass is 9.91. The summed E-state index contributed by atoms with van der Waals surface area (Å²) in [5.41, 5.74) is 10.3. The van der Waals surface area contributed by atoms with Gasteiger partial charge in [-0.1, -0.05) is 133 Å². The molecule has 0 aliphatic heterocycles. The first-order valence-electron chi connectivity index (χ1n) is 16.6. The van der Waals surface area contributed by atoms with Crippen molar-refractivity contribution in [2.45, 2.75) is 0 Å². The summed E-state index contributed by atoms with van der Waals surface area (Å²) in [6.45, 7) is 0. The van der Waals surface area contributed by atoms with Crippen molar-refractivity contribution < 1.29 is 8.83 Å². The van der Waals surface area contributed by atoms with E-state index >= 15 is 0 Å². The number of benzene rings is 7. The molecule has 0 saturated carbocycles. The fourth-order valence-corrected chi connectivity index (χ4v) is 7.07. The van der Waals surface area contributed by atoms with Gasteiger partial charge in [-0.15, -0.1) is 0 Å². The molecule has 3 aromatic heterocycles. The summed E-state index contributed by atoms with van der Waals surface area (Å²) in [6, 6.07) is 55.7. The van der Waals surface area contributed by atoms with Gasteiger partial charge in [0.15, 0.2) is 17.5 Å². The Morgan fingerprint density at radius 2 is 0.820 bits per heavy atom. The van der Waals surface area contributed by atoms with Crippen LogP contribution in [0.4, 0.5) is 0 Å². The summed E-state index contributed by atoms with van der Waals surface area (Å²) in [6.07, 6.45) is 0. The molecular formula is C45H27N3O2. The molecule has 0 spiro atoms. The Labute approximate surface area is 287 Å². The molecule has 7 aromatic carbocycles. The van der Waals surface area contributed by atoms with E-state index in [9.17, 15) is 0 Å². The van der Waals surface area contributed by atoms with Gasteiger partial charge in [0.2, 0.25) is 0 Å². The predicted molar refractivity (Wildman–Crippen MR) is 202 cm³/mol. The summed E-state index contributed by atoms with van der Waals surface area (Å²) in [5, 5.41) is 4.12. The standard InChI is InChI=1S/C45H27N3O2/c1-2-13-28(14-3-1)30-15-4-5-16-31(30)32-17-6-7-19-35(32)44-46-43(29-25-26-34-33-18-8-10-22-38(33)50-41(34)27-29)47-45(48-44)37-21-12-24-40-42(37)36-20-9-11-23-39(36)49-40/h1-27H. The molecule has 10 aromatic rings. The van der Waals surface area contributed by atoms with Crippen molar-refractivity contribution in [3.05, 3.63) is 164 Å². The molecule has 0 bridgehead atoms. The van der Waals surface area contributed by atoms with Crippen LogP contribution in [-0.4, -0.2) is 15.0 Å². The summed E-state index contributed by atoms with van der Waals surface area (Å²) in [5.74, 6) is 1.71. The van der Waals surface area contributed by atoms with Crippen LogP contribution < -0.4 is 0 Å². The number of aromatic nitrogens is 3. The van der Waals surface area contributed by atoms with Crippen molar-refractivity contribution in [3.63, 3.8) is 0 Å². The summed E-state index contributed by atoms with van der Waals surface area (Å²) in [4.78, 5) is 15.6. The van der Waals surface area contributed by atoms with Gasteiger partial charge < -0.3 is 8.83 Å². The van der Waals surface area contributed by atoms with Gasteiger partial charge in [0.25, 0.3) is 0 Å². The van der Waals surface area contributed by atoms with Gasteiger partial charge in [-0.2, -0.15) is 0 Å². The quantitative estimate of drug-likeness (QED) is 0.187. The maximum atomic E-state index is 6.29. The average Bonchev–Trinajstić information content (AvgIpc) is 3.76. The van der Waals surface area contributed by atoms with Gasteiger partial charge in [0, 0.05) is 38.2 Å². The molecule has 3 heterocycles. The Bertz CT molecular complexity index is 2890. The van der Waals surface area contributed by atoms with Crippen LogP contribution in [0.5, 0.6) is 0 Å². The second kappa shape index (κ2) is 11.4. The first-order chi connectivity index (χ1) is 24.8. The number of nitrogens with zero attached hydrogens (tertiary/aromatic N) is 3. The van der Waals surface area contributed by atoms with Crippen LogP contribution in [0, 0.1) is 0 Å². The highest BCUT2D eigenvalue weighted by atomic mass is 16.3. The van der Waals surface area contributed by atoms with Crippen LogP contribution in [0.25, 0.3) is 100 Å². The summed E-state index contributed by atoms with van der Waals surface area (Å²) < 4.78 is 12.6. The number of furan rings is 2. The zero-order valence-electron chi connectivity index (χ0n) is 26.7. The van der Waals surface area contributed by atoms with E-state index in [1.807, 2.05) is 66.7 Å². The van der Waals surface area contributed by atoms with E-state index in [4.69, 9.17) is 23.8 Å². The van der Waals surface area contributed by atoms with Crippen molar-refractivity contribution in [1.82, 2.24) is 15.0 Å². The van der Waals surface area contributed by atoms with Gasteiger partial charge >= 0.3 is 0 Å². The molecule has 0 N–H and O–H groups in total. The molecule has 0 atom stereocenters. The molecule has 0 amide bonds. The van der Waals surface area contributed by atoms with Gasteiger partial charge in [0.1, 0.15) is 22.3 Å². The minimum Gasteiger partial charge on any atom is -0.456 e. The smallest absolute Gasteiger partial charge is 0.164 e. The third-order valence-electron chi connectivity index (χ3n) is 9.39. The van der Waals surface area contributed by atoms with E-state index in [0.29, 0.717) is 17.5 Å². The zero-order valence-corrected chi connectivity index (χ0v) is 26.7.